The van der Waals surface area contributed by atoms with E-state index in [1.165, 1.54) is 0 Å². The predicted molar refractivity (Wildman–Crippen MR) is 61.2 cm³/mol. The number of hydrogen-bond donors (Lipinski definition) is 1. The first-order valence-corrected chi connectivity index (χ1v) is 5.90. The highest BCUT2D eigenvalue weighted by atomic mass is 16.5. The molecule has 1 atom stereocenters. The van der Waals surface area contributed by atoms with E-state index < -0.39 is 11.5 Å². The van der Waals surface area contributed by atoms with Crippen LogP contribution in [0, 0.1) is 5.92 Å². The fraction of sp³-hybridized carbons (Fsp3) is 0.750. The summed E-state index contributed by atoms with van der Waals surface area (Å²) >= 11 is 0. The van der Waals surface area contributed by atoms with Crippen molar-refractivity contribution in [3.63, 3.8) is 0 Å². The van der Waals surface area contributed by atoms with E-state index in [-0.39, 0.29) is 24.3 Å². The maximum atomic E-state index is 11.8. The van der Waals surface area contributed by atoms with Gasteiger partial charge in [0.1, 0.15) is 12.5 Å². The molecule has 0 bridgehead atoms. The minimum atomic E-state index is -0.851. The zero-order chi connectivity index (χ0) is 13.1. The molecule has 0 aromatic rings. The number of ether oxygens (including phenoxy) is 1. The number of Topliss-reactive ketones (excluding diaryl/α,β-unsaturated/α-hetero) is 1. The largest absolute Gasteiger partial charge is 0.464 e. The third kappa shape index (κ3) is 3.28. The smallest absolute Gasteiger partial charge is 0.305 e. The van der Waals surface area contributed by atoms with Gasteiger partial charge in [-0.1, -0.05) is 13.3 Å². The highest BCUT2D eigenvalue weighted by Gasteiger charge is 2.46. The zero-order valence-corrected chi connectivity index (χ0v) is 10.5. The Labute approximate surface area is 101 Å². The first kappa shape index (κ1) is 13.7. The molecule has 0 aliphatic carbocycles. The number of amides is 1. The lowest BCUT2D eigenvalue weighted by Gasteiger charge is -2.14. The van der Waals surface area contributed by atoms with Gasteiger partial charge in [0.15, 0.2) is 5.78 Å². The topological polar surface area (TPSA) is 72.5 Å². The first-order valence-electron chi connectivity index (χ1n) is 5.90. The number of rotatable bonds is 5. The van der Waals surface area contributed by atoms with Crippen LogP contribution in [0.4, 0.5) is 0 Å². The molecule has 0 aromatic heterocycles. The van der Waals surface area contributed by atoms with Crippen molar-refractivity contribution in [2.45, 2.75) is 45.6 Å². The monoisotopic (exact) mass is 241 g/mol. The lowest BCUT2D eigenvalue weighted by molar-refractivity contribution is -0.147. The maximum absolute atomic E-state index is 11.8. The Balaban J connectivity index is 2.45. The predicted octanol–water partition coefficient (Wildman–Crippen LogP) is 0.813. The molecule has 5 nitrogen and oxygen atoms in total. The van der Waals surface area contributed by atoms with Crippen molar-refractivity contribution in [3.8, 4) is 0 Å². The second kappa shape index (κ2) is 5.29. The quantitative estimate of drug-likeness (QED) is 0.571. The molecular weight excluding hydrogens is 222 g/mol. The van der Waals surface area contributed by atoms with Crippen molar-refractivity contribution in [3.05, 3.63) is 0 Å². The Morgan fingerprint density at radius 3 is 2.53 bits per heavy atom. The van der Waals surface area contributed by atoms with Crippen molar-refractivity contribution >= 4 is 17.7 Å². The summed E-state index contributed by atoms with van der Waals surface area (Å²) in [6, 6.07) is 0. The minimum absolute atomic E-state index is 0.142. The summed E-state index contributed by atoms with van der Waals surface area (Å²) in [7, 11) is 0. The number of nitrogens with one attached hydrogen (secondary N) is 1. The molecule has 1 N–H and O–H groups in total. The van der Waals surface area contributed by atoms with Crippen molar-refractivity contribution in [2.75, 3.05) is 6.61 Å². The van der Waals surface area contributed by atoms with Crippen LogP contribution in [0.25, 0.3) is 0 Å². The van der Waals surface area contributed by atoms with Gasteiger partial charge in [-0.25, -0.2) is 0 Å². The van der Waals surface area contributed by atoms with Gasteiger partial charge >= 0.3 is 5.97 Å². The number of carbonyl (C=O) groups is 3. The molecule has 1 aliphatic rings. The molecule has 17 heavy (non-hydrogen) atoms. The van der Waals surface area contributed by atoms with Crippen molar-refractivity contribution in [1.82, 2.24) is 5.32 Å². The van der Waals surface area contributed by atoms with Crippen LogP contribution in [0.1, 0.15) is 40.0 Å². The van der Waals surface area contributed by atoms with Crippen LogP contribution < -0.4 is 5.32 Å². The van der Waals surface area contributed by atoms with Gasteiger partial charge in [0.25, 0.3) is 0 Å². The molecule has 1 aliphatic heterocycles. The van der Waals surface area contributed by atoms with Gasteiger partial charge in [-0.05, 0) is 20.3 Å². The molecule has 1 rings (SSSR count). The number of hydrogen-bond acceptors (Lipinski definition) is 4. The van der Waals surface area contributed by atoms with Crippen LogP contribution in [-0.4, -0.2) is 29.8 Å². The highest BCUT2D eigenvalue weighted by Crippen LogP contribution is 2.20. The lowest BCUT2D eigenvalue weighted by atomic mass is 9.95. The molecule has 5 heteroatoms. The number of unbranched alkanes of at least 4 members (excludes halogenated alkanes) is 1. The fourth-order valence-corrected chi connectivity index (χ4v) is 1.73. The number of esters is 1. The second-order valence-electron chi connectivity index (χ2n) is 4.82. The maximum Gasteiger partial charge on any atom is 0.305 e. The fourth-order valence-electron chi connectivity index (χ4n) is 1.73. The number of carbonyl (C=O) groups excluding carboxylic acids is 3. The summed E-state index contributed by atoms with van der Waals surface area (Å²) in [5.41, 5.74) is -0.850. The van der Waals surface area contributed by atoms with Crippen LogP contribution in [0.15, 0.2) is 0 Å². The summed E-state index contributed by atoms with van der Waals surface area (Å²) in [6.45, 7) is 5.12. The highest BCUT2D eigenvalue weighted by molar-refractivity contribution is 6.12. The van der Waals surface area contributed by atoms with E-state index in [0.717, 1.165) is 12.8 Å². The average molecular weight is 241 g/mol. The molecule has 1 fully saturated rings. The van der Waals surface area contributed by atoms with Gasteiger partial charge in [0.2, 0.25) is 5.91 Å². The van der Waals surface area contributed by atoms with Crippen LogP contribution in [0.3, 0.4) is 0 Å². The molecule has 1 saturated heterocycles. The van der Waals surface area contributed by atoms with E-state index in [0.29, 0.717) is 6.42 Å². The first-order chi connectivity index (χ1) is 7.88. The van der Waals surface area contributed by atoms with E-state index >= 15 is 0 Å². The van der Waals surface area contributed by atoms with E-state index in [2.05, 4.69) is 5.32 Å². The van der Waals surface area contributed by atoms with Gasteiger partial charge in [0, 0.05) is 6.42 Å². The van der Waals surface area contributed by atoms with Crippen molar-refractivity contribution in [1.29, 1.82) is 0 Å². The Kier molecular flexibility index (Phi) is 4.26. The van der Waals surface area contributed by atoms with Crippen LogP contribution >= 0.6 is 0 Å². The van der Waals surface area contributed by atoms with Gasteiger partial charge in [-0.3, -0.25) is 14.4 Å². The summed E-state index contributed by atoms with van der Waals surface area (Å²) < 4.78 is 4.94. The van der Waals surface area contributed by atoms with E-state index in [1.54, 1.807) is 13.8 Å². The molecule has 0 radical (unpaired) electrons. The molecule has 1 heterocycles. The van der Waals surface area contributed by atoms with E-state index in [9.17, 15) is 14.4 Å². The Bertz CT molecular complexity index is 335. The third-order valence-corrected chi connectivity index (χ3v) is 2.83. The normalized spacial score (nSPS) is 22.4. The van der Waals surface area contributed by atoms with Gasteiger partial charge in [-0.2, -0.15) is 0 Å². The van der Waals surface area contributed by atoms with Crippen molar-refractivity contribution < 1.29 is 19.1 Å². The van der Waals surface area contributed by atoms with Crippen LogP contribution in [0.2, 0.25) is 0 Å². The van der Waals surface area contributed by atoms with E-state index in [4.69, 9.17) is 4.74 Å². The number of ketones is 1. The molecule has 1 amide bonds. The average Bonchev–Trinajstić information content (AvgIpc) is 2.43. The summed E-state index contributed by atoms with van der Waals surface area (Å²) in [5, 5.41) is 2.58. The van der Waals surface area contributed by atoms with Crippen LogP contribution in [0.5, 0.6) is 0 Å². The second-order valence-corrected chi connectivity index (χ2v) is 4.82. The Morgan fingerprint density at radius 1 is 1.41 bits per heavy atom. The lowest BCUT2D eigenvalue weighted by Crippen LogP contribution is -2.39. The summed E-state index contributed by atoms with van der Waals surface area (Å²) in [4.78, 5) is 34.6. The van der Waals surface area contributed by atoms with Gasteiger partial charge in [0.05, 0.1) is 5.54 Å². The molecule has 0 spiro atoms. The molecular formula is C12H19NO4. The van der Waals surface area contributed by atoms with Gasteiger partial charge < -0.3 is 10.1 Å². The summed E-state index contributed by atoms with van der Waals surface area (Å²) in [6.07, 6.45) is 2.00. The SMILES string of the molecule is CCCCC(=O)OCC1C(=O)NC(C)(C)C1=O. The third-order valence-electron chi connectivity index (χ3n) is 2.83. The summed E-state index contributed by atoms with van der Waals surface area (Å²) in [5.74, 6) is -1.78. The van der Waals surface area contributed by atoms with Crippen LogP contribution in [-0.2, 0) is 19.1 Å². The molecule has 0 aromatic carbocycles. The van der Waals surface area contributed by atoms with Crippen molar-refractivity contribution in [2.24, 2.45) is 5.92 Å². The standard InChI is InChI=1S/C12H19NO4/c1-4-5-6-9(14)17-7-8-10(15)12(2,3)13-11(8)16/h8H,4-7H2,1-3H3,(H,13,16). The van der Waals surface area contributed by atoms with Gasteiger partial charge in [-0.15, -0.1) is 0 Å². The Hall–Kier alpha value is -1.39. The molecule has 1 unspecified atom stereocenters. The Morgan fingerprint density at radius 2 is 2.06 bits per heavy atom. The minimum Gasteiger partial charge on any atom is -0.464 e. The zero-order valence-electron chi connectivity index (χ0n) is 10.5. The molecule has 96 valence electrons. The molecule has 0 saturated carbocycles. The van der Waals surface area contributed by atoms with E-state index in [1.807, 2.05) is 6.92 Å².